The fourth-order valence-corrected chi connectivity index (χ4v) is 7.08. The quantitative estimate of drug-likeness (QED) is 0.306. The zero-order valence-corrected chi connectivity index (χ0v) is 27.6. The number of rotatable bonds is 10. The molecule has 3 heterocycles. The van der Waals surface area contributed by atoms with Crippen LogP contribution in [-0.2, 0) is 27.2 Å². The molecule has 10 heteroatoms. The van der Waals surface area contributed by atoms with Crippen LogP contribution in [0.4, 0.5) is 5.69 Å². The summed E-state index contributed by atoms with van der Waals surface area (Å²) in [4.78, 5) is 49.4. The van der Waals surface area contributed by atoms with E-state index < -0.39 is 11.6 Å². The van der Waals surface area contributed by atoms with Gasteiger partial charge >= 0.3 is 0 Å². The first-order valence-corrected chi connectivity index (χ1v) is 16.4. The van der Waals surface area contributed by atoms with E-state index >= 15 is 0 Å². The molecule has 3 amide bonds. The predicted octanol–water partition coefficient (Wildman–Crippen LogP) is 4.41. The van der Waals surface area contributed by atoms with E-state index in [4.69, 9.17) is 11.6 Å². The van der Waals surface area contributed by atoms with Gasteiger partial charge in [0.2, 0.25) is 11.8 Å². The van der Waals surface area contributed by atoms with Gasteiger partial charge in [-0.05, 0) is 101 Å². The first-order valence-electron chi connectivity index (χ1n) is 16.0. The van der Waals surface area contributed by atoms with Gasteiger partial charge in [-0.15, -0.1) is 0 Å². The fourth-order valence-electron chi connectivity index (χ4n) is 6.88. The molecule has 2 aliphatic rings. The Balaban J connectivity index is 1.32. The van der Waals surface area contributed by atoms with Crippen molar-refractivity contribution in [3.63, 3.8) is 0 Å². The van der Waals surface area contributed by atoms with E-state index in [1.807, 2.05) is 67.7 Å². The van der Waals surface area contributed by atoms with E-state index in [-0.39, 0.29) is 23.6 Å². The largest absolute Gasteiger partial charge is 0.381 e. The van der Waals surface area contributed by atoms with Crippen molar-refractivity contribution in [3.8, 4) is 0 Å². The van der Waals surface area contributed by atoms with Gasteiger partial charge in [-0.3, -0.25) is 14.4 Å². The van der Waals surface area contributed by atoms with Gasteiger partial charge in [0.1, 0.15) is 11.6 Å². The Morgan fingerprint density at radius 2 is 1.84 bits per heavy atom. The number of aliphatic hydroxyl groups is 1. The number of hydrogen-bond donors (Lipinski definition) is 3. The minimum absolute atomic E-state index is 0.126. The summed E-state index contributed by atoms with van der Waals surface area (Å²) in [5, 5.41) is 14.9. The summed E-state index contributed by atoms with van der Waals surface area (Å²) in [6.07, 6.45) is 5.68. The van der Waals surface area contributed by atoms with Crippen LogP contribution in [0.2, 0.25) is 5.02 Å². The third-order valence-corrected chi connectivity index (χ3v) is 9.34. The molecule has 0 spiro atoms. The average molecular weight is 636 g/mol. The smallest absolute Gasteiger partial charge is 0.253 e. The van der Waals surface area contributed by atoms with E-state index in [0.29, 0.717) is 49.8 Å². The number of benzene rings is 2. The number of aromatic amines is 1. The molecule has 1 saturated heterocycles. The minimum atomic E-state index is -1.38. The normalized spacial score (nSPS) is 18.2. The molecule has 0 bridgehead atoms. The van der Waals surface area contributed by atoms with Crippen LogP contribution in [0.1, 0.15) is 50.7 Å². The van der Waals surface area contributed by atoms with Crippen LogP contribution < -0.4 is 10.2 Å². The summed E-state index contributed by atoms with van der Waals surface area (Å²) >= 11 is 6.38. The van der Waals surface area contributed by atoms with Crippen molar-refractivity contribution in [3.05, 3.63) is 64.8 Å². The molecule has 242 valence electrons. The lowest BCUT2D eigenvalue weighted by atomic mass is 9.90. The number of amides is 3. The van der Waals surface area contributed by atoms with E-state index in [9.17, 15) is 19.5 Å². The number of fused-ring (bicyclic) bond motifs is 2. The van der Waals surface area contributed by atoms with Gasteiger partial charge in [0.25, 0.3) is 5.91 Å². The summed E-state index contributed by atoms with van der Waals surface area (Å²) in [5.74, 6) is -0.00410. The second-order valence-electron chi connectivity index (χ2n) is 13.6. The molecule has 45 heavy (non-hydrogen) atoms. The Morgan fingerprint density at radius 3 is 2.56 bits per heavy atom. The monoisotopic (exact) mass is 635 g/mol. The van der Waals surface area contributed by atoms with Crippen molar-refractivity contribution in [1.82, 2.24) is 20.1 Å². The van der Waals surface area contributed by atoms with Crippen molar-refractivity contribution in [2.75, 3.05) is 45.2 Å². The van der Waals surface area contributed by atoms with Crippen LogP contribution in [0.25, 0.3) is 10.9 Å². The molecule has 1 aromatic heterocycles. The lowest BCUT2D eigenvalue weighted by molar-refractivity contribution is -0.149. The van der Waals surface area contributed by atoms with Crippen LogP contribution >= 0.6 is 11.6 Å². The van der Waals surface area contributed by atoms with Gasteiger partial charge in [-0.25, -0.2) is 0 Å². The zero-order chi connectivity index (χ0) is 32.3. The van der Waals surface area contributed by atoms with Gasteiger partial charge in [-0.2, -0.15) is 0 Å². The number of nitrogens with one attached hydrogen (secondary N) is 2. The van der Waals surface area contributed by atoms with Gasteiger partial charge in [0.05, 0.1) is 0 Å². The molecule has 0 radical (unpaired) electrons. The van der Waals surface area contributed by atoms with Gasteiger partial charge < -0.3 is 30.1 Å². The molecule has 2 aliphatic heterocycles. The Bertz CT molecular complexity index is 1520. The number of H-pyrrole nitrogens is 1. The maximum atomic E-state index is 14.5. The second-order valence-corrected chi connectivity index (χ2v) is 14.0. The molecule has 0 aliphatic carbocycles. The number of likely N-dealkylation sites (tertiary alicyclic amines) is 1. The number of piperidine rings is 1. The molecule has 2 atom stereocenters. The van der Waals surface area contributed by atoms with Gasteiger partial charge in [0.15, 0.2) is 0 Å². The van der Waals surface area contributed by atoms with Crippen molar-refractivity contribution >= 4 is 45.9 Å². The molecule has 1 fully saturated rings. The highest BCUT2D eigenvalue weighted by atomic mass is 35.5. The molecule has 3 N–H and O–H groups in total. The second kappa shape index (κ2) is 13.9. The SMILES string of the molecule is CN(C)C[C@@H]1Cc2cc(Cl)ccc2N(C(=O)[C@@H](Cc2c[nH]c3ccccc23)NC(=O)CCC2CCN(C(=O)C(C)(C)O)CC2)C1. The summed E-state index contributed by atoms with van der Waals surface area (Å²) in [7, 11) is 4.07. The van der Waals surface area contributed by atoms with Crippen molar-refractivity contribution < 1.29 is 19.5 Å². The fraction of sp³-hybridized carbons (Fsp3) is 0.514. The number of nitrogens with zero attached hydrogens (tertiary/aromatic N) is 3. The summed E-state index contributed by atoms with van der Waals surface area (Å²) < 4.78 is 0. The molecule has 0 saturated carbocycles. The van der Waals surface area contributed by atoms with Gasteiger partial charge in [-0.1, -0.05) is 29.8 Å². The van der Waals surface area contributed by atoms with E-state index in [0.717, 1.165) is 53.5 Å². The predicted molar refractivity (Wildman–Crippen MR) is 178 cm³/mol. The van der Waals surface area contributed by atoms with Crippen LogP contribution in [0.3, 0.4) is 0 Å². The number of carbonyl (C=O) groups is 3. The zero-order valence-electron chi connectivity index (χ0n) is 26.8. The molecular formula is C35H46ClN5O4. The maximum absolute atomic E-state index is 14.5. The number of para-hydroxylation sites is 1. The third kappa shape index (κ3) is 8.07. The number of aromatic nitrogens is 1. The highest BCUT2D eigenvalue weighted by Crippen LogP contribution is 2.33. The molecular weight excluding hydrogens is 590 g/mol. The Kier molecular flexibility index (Phi) is 10.2. The number of anilines is 1. The van der Waals surface area contributed by atoms with Crippen LogP contribution in [0, 0.1) is 11.8 Å². The maximum Gasteiger partial charge on any atom is 0.253 e. The molecule has 0 unspecified atom stereocenters. The van der Waals surface area contributed by atoms with Crippen molar-refractivity contribution in [1.29, 1.82) is 0 Å². The lowest BCUT2D eigenvalue weighted by Gasteiger charge is -2.38. The summed E-state index contributed by atoms with van der Waals surface area (Å²) in [6.45, 7) is 5.56. The van der Waals surface area contributed by atoms with Crippen LogP contribution in [0.5, 0.6) is 0 Å². The number of halogens is 1. The molecule has 9 nitrogen and oxygen atoms in total. The van der Waals surface area contributed by atoms with Crippen molar-refractivity contribution in [2.24, 2.45) is 11.8 Å². The summed E-state index contributed by atoms with van der Waals surface area (Å²) in [5.41, 5.74) is 2.48. The highest BCUT2D eigenvalue weighted by molar-refractivity contribution is 6.30. The van der Waals surface area contributed by atoms with Crippen molar-refractivity contribution in [2.45, 2.75) is 64.0 Å². The van der Waals surface area contributed by atoms with Gasteiger partial charge in [0, 0.05) is 66.8 Å². The average Bonchev–Trinajstić information content (AvgIpc) is 3.40. The Hall–Kier alpha value is -3.40. The summed E-state index contributed by atoms with van der Waals surface area (Å²) in [6, 6.07) is 12.9. The van der Waals surface area contributed by atoms with Crippen LogP contribution in [-0.4, -0.2) is 89.5 Å². The first-order chi connectivity index (χ1) is 21.4. The highest BCUT2D eigenvalue weighted by Gasteiger charge is 2.35. The minimum Gasteiger partial charge on any atom is -0.381 e. The molecule has 2 aromatic carbocycles. The van der Waals surface area contributed by atoms with E-state index in [2.05, 4.69) is 15.2 Å². The third-order valence-electron chi connectivity index (χ3n) is 9.11. The topological polar surface area (TPSA) is 109 Å². The Morgan fingerprint density at radius 1 is 1.11 bits per heavy atom. The standard InChI is InChI=1S/C35H46ClN5O4/c1-35(2,45)34(44)40-15-13-23(14-16-40)9-12-32(42)38-30(19-26-20-37-29-8-6-5-7-28(26)29)33(43)41-22-24(21-39(3)4)17-25-18-27(36)10-11-31(25)41/h5-8,10-11,18,20,23-24,30,37,45H,9,12-17,19,21-22H2,1-4H3,(H,38,42)/t24-,30+/m0/s1. The van der Waals surface area contributed by atoms with Crippen LogP contribution in [0.15, 0.2) is 48.7 Å². The first kappa shape index (κ1) is 33.0. The Labute approximate surface area is 270 Å². The number of carbonyl (C=O) groups excluding carboxylic acids is 3. The molecule has 3 aromatic rings. The van der Waals surface area contributed by atoms with E-state index in [1.54, 1.807) is 4.90 Å². The van der Waals surface area contributed by atoms with E-state index in [1.165, 1.54) is 13.8 Å². The number of hydrogen-bond acceptors (Lipinski definition) is 5. The molecule has 5 rings (SSSR count). The lowest BCUT2D eigenvalue weighted by Crippen LogP contribution is -2.53.